The summed E-state index contributed by atoms with van der Waals surface area (Å²) in [6.07, 6.45) is 0.450. The molecular weight excluding hydrogens is 369 g/mol. The topological polar surface area (TPSA) is 58.0 Å². The first-order valence-electron chi connectivity index (χ1n) is 9.68. The largest absolute Gasteiger partial charge is 0.419 e. The molecule has 0 spiro atoms. The number of aromatic nitrogens is 4. The minimum atomic E-state index is -4.42. The van der Waals surface area contributed by atoms with E-state index in [0.29, 0.717) is 32.1 Å². The van der Waals surface area contributed by atoms with E-state index in [9.17, 15) is 13.2 Å². The average molecular weight is 394 g/mol. The van der Waals surface area contributed by atoms with Crippen LogP contribution in [-0.2, 0) is 19.0 Å². The maximum atomic E-state index is 13.3. The fourth-order valence-electron chi connectivity index (χ4n) is 3.26. The lowest BCUT2D eigenvalue weighted by atomic mass is 10.2. The van der Waals surface area contributed by atoms with E-state index >= 15 is 0 Å². The van der Waals surface area contributed by atoms with Crippen LogP contribution in [0.4, 0.5) is 24.9 Å². The van der Waals surface area contributed by atoms with Gasteiger partial charge in [-0.05, 0) is 25.0 Å². The second-order valence-corrected chi connectivity index (χ2v) is 6.81. The van der Waals surface area contributed by atoms with Crippen LogP contribution in [0.15, 0.2) is 18.3 Å². The maximum absolute atomic E-state index is 13.3. The third-order valence-corrected chi connectivity index (χ3v) is 4.62. The Morgan fingerprint density at radius 2 is 1.46 bits per heavy atom. The third-order valence-electron chi connectivity index (χ3n) is 4.62. The molecule has 2 aromatic rings. The number of halogens is 3. The van der Waals surface area contributed by atoms with Gasteiger partial charge in [-0.25, -0.2) is 9.97 Å². The number of hydrogen-bond acceptors (Lipinski definition) is 6. The van der Waals surface area contributed by atoms with Crippen molar-refractivity contribution in [2.45, 2.75) is 45.7 Å². The van der Waals surface area contributed by atoms with Crippen molar-refractivity contribution in [3.8, 4) is 0 Å². The lowest BCUT2D eigenvalue weighted by molar-refractivity contribution is -0.137. The minimum Gasteiger partial charge on any atom is -0.353 e. The van der Waals surface area contributed by atoms with Crippen LogP contribution in [0.3, 0.4) is 0 Å². The van der Waals surface area contributed by atoms with Crippen LogP contribution in [0, 0.1) is 0 Å². The standard InChI is InChI=1S/C19H25F3N6/c1-3-6-15-24-16(7-4-2)26-18(25-15)28-12-10-27(11-13-28)17-14(19(20,21)22)8-5-9-23-17/h5,8-9H,3-4,6-7,10-13H2,1-2H3. The van der Waals surface area contributed by atoms with Crippen LogP contribution < -0.4 is 9.80 Å². The number of hydrogen-bond donors (Lipinski definition) is 0. The highest BCUT2D eigenvalue weighted by atomic mass is 19.4. The second-order valence-electron chi connectivity index (χ2n) is 6.81. The van der Waals surface area contributed by atoms with E-state index in [2.05, 4.69) is 33.8 Å². The second kappa shape index (κ2) is 8.70. The van der Waals surface area contributed by atoms with E-state index in [4.69, 9.17) is 0 Å². The molecule has 0 bridgehead atoms. The number of alkyl halides is 3. The molecule has 9 heteroatoms. The molecule has 1 aliphatic rings. The van der Waals surface area contributed by atoms with Crippen molar-refractivity contribution >= 4 is 11.8 Å². The summed E-state index contributed by atoms with van der Waals surface area (Å²) in [6.45, 7) is 6.08. The summed E-state index contributed by atoms with van der Waals surface area (Å²) in [5.41, 5.74) is -0.695. The molecule has 1 aliphatic heterocycles. The molecule has 0 saturated carbocycles. The number of rotatable bonds is 6. The SMILES string of the molecule is CCCc1nc(CCC)nc(N2CCN(c3ncccc3C(F)(F)F)CC2)n1. The maximum Gasteiger partial charge on any atom is 0.419 e. The lowest BCUT2D eigenvalue weighted by Crippen LogP contribution is -2.48. The number of anilines is 2. The van der Waals surface area contributed by atoms with Crippen molar-refractivity contribution in [3.05, 3.63) is 35.5 Å². The van der Waals surface area contributed by atoms with Crippen molar-refractivity contribution in [1.29, 1.82) is 0 Å². The summed E-state index contributed by atoms with van der Waals surface area (Å²) >= 11 is 0. The molecule has 152 valence electrons. The van der Waals surface area contributed by atoms with E-state index in [-0.39, 0.29) is 5.82 Å². The quantitative estimate of drug-likeness (QED) is 0.747. The molecule has 6 nitrogen and oxygen atoms in total. The van der Waals surface area contributed by atoms with Crippen molar-refractivity contribution in [2.75, 3.05) is 36.0 Å². The summed E-state index contributed by atoms with van der Waals surface area (Å²) in [5, 5.41) is 0. The molecule has 0 atom stereocenters. The van der Waals surface area contributed by atoms with Crippen LogP contribution >= 0.6 is 0 Å². The van der Waals surface area contributed by atoms with Gasteiger partial charge in [0.1, 0.15) is 17.5 Å². The fourth-order valence-corrected chi connectivity index (χ4v) is 3.26. The Balaban J connectivity index is 1.76. The van der Waals surface area contributed by atoms with Gasteiger partial charge in [0.05, 0.1) is 5.56 Å². The molecule has 3 heterocycles. The predicted molar refractivity (Wildman–Crippen MR) is 101 cm³/mol. The van der Waals surface area contributed by atoms with Gasteiger partial charge in [0.2, 0.25) is 5.95 Å². The molecule has 2 aromatic heterocycles. The van der Waals surface area contributed by atoms with Crippen molar-refractivity contribution < 1.29 is 13.2 Å². The Kier molecular flexibility index (Phi) is 6.31. The molecule has 1 fully saturated rings. The Hall–Kier alpha value is -2.45. The summed E-state index contributed by atoms with van der Waals surface area (Å²) < 4.78 is 39.8. The zero-order chi connectivity index (χ0) is 20.1. The van der Waals surface area contributed by atoms with Gasteiger partial charge in [-0.15, -0.1) is 0 Å². The number of pyridine rings is 1. The Morgan fingerprint density at radius 3 is 2.00 bits per heavy atom. The van der Waals surface area contributed by atoms with Crippen LogP contribution in [0.2, 0.25) is 0 Å². The van der Waals surface area contributed by atoms with E-state index in [1.54, 1.807) is 4.90 Å². The molecule has 3 rings (SSSR count). The number of piperazine rings is 1. The molecule has 1 saturated heterocycles. The molecule has 0 aromatic carbocycles. The minimum absolute atomic E-state index is 0.0105. The third kappa shape index (κ3) is 4.69. The van der Waals surface area contributed by atoms with E-state index < -0.39 is 11.7 Å². The highest BCUT2D eigenvalue weighted by Crippen LogP contribution is 2.35. The van der Waals surface area contributed by atoms with Gasteiger partial charge >= 0.3 is 6.18 Å². The smallest absolute Gasteiger partial charge is 0.353 e. The summed E-state index contributed by atoms with van der Waals surface area (Å²) in [6, 6.07) is 2.40. The summed E-state index contributed by atoms with van der Waals surface area (Å²) in [7, 11) is 0. The zero-order valence-electron chi connectivity index (χ0n) is 16.2. The van der Waals surface area contributed by atoms with Crippen LogP contribution in [0.5, 0.6) is 0 Å². The highest BCUT2D eigenvalue weighted by Gasteiger charge is 2.36. The van der Waals surface area contributed by atoms with Crippen molar-refractivity contribution in [3.63, 3.8) is 0 Å². The van der Waals surface area contributed by atoms with Crippen LogP contribution in [-0.4, -0.2) is 46.1 Å². The first-order valence-corrected chi connectivity index (χ1v) is 9.68. The molecule has 0 N–H and O–H groups in total. The van der Waals surface area contributed by atoms with E-state index in [1.807, 2.05) is 4.90 Å². The van der Waals surface area contributed by atoms with E-state index in [0.717, 1.165) is 43.4 Å². The van der Waals surface area contributed by atoms with Gasteiger partial charge < -0.3 is 9.80 Å². The normalized spacial score (nSPS) is 15.2. The monoisotopic (exact) mass is 394 g/mol. The van der Waals surface area contributed by atoms with Gasteiger partial charge in [-0.1, -0.05) is 13.8 Å². The van der Waals surface area contributed by atoms with Gasteiger partial charge in [0.15, 0.2) is 0 Å². The molecule has 28 heavy (non-hydrogen) atoms. The first kappa shape index (κ1) is 20.3. The fraction of sp³-hybridized carbons (Fsp3) is 0.579. The summed E-state index contributed by atoms with van der Waals surface area (Å²) in [5.74, 6) is 2.17. The molecule has 0 aliphatic carbocycles. The highest BCUT2D eigenvalue weighted by molar-refractivity contribution is 5.50. The molecule has 0 radical (unpaired) electrons. The predicted octanol–water partition coefficient (Wildman–Crippen LogP) is 3.52. The van der Waals surface area contributed by atoms with Gasteiger partial charge in [-0.2, -0.15) is 23.1 Å². The number of nitrogens with zero attached hydrogens (tertiary/aromatic N) is 6. The molecular formula is C19H25F3N6. The van der Waals surface area contributed by atoms with E-state index in [1.165, 1.54) is 12.3 Å². The Morgan fingerprint density at radius 1 is 0.893 bits per heavy atom. The van der Waals surface area contributed by atoms with Gasteiger partial charge in [0, 0.05) is 45.2 Å². The lowest BCUT2D eigenvalue weighted by Gasteiger charge is -2.36. The number of aryl methyl sites for hydroxylation is 2. The Labute approximate surface area is 162 Å². The van der Waals surface area contributed by atoms with Crippen molar-refractivity contribution in [2.24, 2.45) is 0 Å². The van der Waals surface area contributed by atoms with Crippen LogP contribution in [0.1, 0.15) is 43.9 Å². The summed E-state index contributed by atoms with van der Waals surface area (Å²) in [4.78, 5) is 21.4. The molecule has 0 amide bonds. The Bertz CT molecular complexity index is 763. The zero-order valence-corrected chi connectivity index (χ0v) is 16.2. The molecule has 0 unspecified atom stereocenters. The van der Waals surface area contributed by atoms with Gasteiger partial charge in [0.25, 0.3) is 0 Å². The van der Waals surface area contributed by atoms with Gasteiger partial charge in [-0.3, -0.25) is 0 Å². The van der Waals surface area contributed by atoms with Crippen LogP contribution in [0.25, 0.3) is 0 Å². The average Bonchev–Trinajstić information content (AvgIpc) is 2.68. The first-order chi connectivity index (χ1) is 13.4. The van der Waals surface area contributed by atoms with Crippen molar-refractivity contribution in [1.82, 2.24) is 19.9 Å².